The van der Waals surface area contributed by atoms with Crippen molar-refractivity contribution in [1.82, 2.24) is 15.2 Å². The second-order valence-corrected chi connectivity index (χ2v) is 3.66. The third-order valence-corrected chi connectivity index (χ3v) is 2.62. The van der Waals surface area contributed by atoms with Crippen molar-refractivity contribution in [3.63, 3.8) is 0 Å². The van der Waals surface area contributed by atoms with E-state index in [9.17, 15) is 9.59 Å². The minimum absolute atomic E-state index is 0.0527. The van der Waals surface area contributed by atoms with Crippen LogP contribution in [0, 0.1) is 0 Å². The van der Waals surface area contributed by atoms with Gasteiger partial charge in [0, 0.05) is 5.69 Å². The van der Waals surface area contributed by atoms with Crippen LogP contribution in [0.2, 0.25) is 0 Å². The first-order chi connectivity index (χ1) is 8.70. The molecule has 1 aliphatic rings. The fraction of sp³-hybridized carbons (Fsp3) is 0. The van der Waals surface area contributed by atoms with Gasteiger partial charge in [0.15, 0.2) is 0 Å². The molecule has 0 fully saturated rings. The first-order valence-electron chi connectivity index (χ1n) is 5.11. The monoisotopic (exact) mass is 241 g/mol. The molecular formula is C11H7N5O2. The number of benzene rings is 1. The van der Waals surface area contributed by atoms with Gasteiger partial charge in [-0.2, -0.15) is 5.10 Å². The van der Waals surface area contributed by atoms with E-state index in [1.165, 1.54) is 12.4 Å². The molecular weight excluding hydrogens is 234 g/mol. The van der Waals surface area contributed by atoms with Gasteiger partial charge in [-0.05, 0) is 12.1 Å². The van der Waals surface area contributed by atoms with Crippen molar-refractivity contribution in [2.45, 2.75) is 0 Å². The van der Waals surface area contributed by atoms with Gasteiger partial charge in [0.2, 0.25) is 0 Å². The topological polar surface area (TPSA) is 102 Å². The lowest BCUT2D eigenvalue weighted by Gasteiger charge is -2.09. The Balaban J connectivity index is 2.17. The number of hydrogen-bond acceptors (Lipinski definition) is 6. The summed E-state index contributed by atoms with van der Waals surface area (Å²) in [6.45, 7) is 0. The fourth-order valence-corrected chi connectivity index (χ4v) is 1.84. The number of hydrogen-bond donors (Lipinski definition) is 1. The number of rotatable bonds is 1. The molecule has 88 valence electrons. The number of carbonyl (C=O) groups excluding carboxylic acids is 2. The molecule has 0 radical (unpaired) electrons. The molecule has 2 heterocycles. The molecule has 1 aromatic carbocycles. The SMILES string of the molecule is Nc1cccc2c1C(=O)N(c1nccnn1)C2=O. The quantitative estimate of drug-likeness (QED) is 0.567. The molecule has 3 rings (SSSR count). The largest absolute Gasteiger partial charge is 0.398 e. The summed E-state index contributed by atoms with van der Waals surface area (Å²) in [6.07, 6.45) is 2.71. The van der Waals surface area contributed by atoms with E-state index >= 15 is 0 Å². The smallest absolute Gasteiger partial charge is 0.270 e. The Morgan fingerprint density at radius 2 is 1.94 bits per heavy atom. The Morgan fingerprint density at radius 1 is 1.11 bits per heavy atom. The van der Waals surface area contributed by atoms with Crippen molar-refractivity contribution in [3.8, 4) is 0 Å². The van der Waals surface area contributed by atoms with Crippen LogP contribution in [0.3, 0.4) is 0 Å². The Hall–Kier alpha value is -2.83. The second kappa shape index (κ2) is 3.59. The number of anilines is 2. The van der Waals surface area contributed by atoms with Gasteiger partial charge in [-0.15, -0.1) is 5.10 Å². The van der Waals surface area contributed by atoms with Crippen LogP contribution in [0.25, 0.3) is 0 Å². The van der Waals surface area contributed by atoms with Crippen LogP contribution in [-0.2, 0) is 0 Å². The molecule has 18 heavy (non-hydrogen) atoms. The minimum Gasteiger partial charge on any atom is -0.398 e. The van der Waals surface area contributed by atoms with Crippen LogP contribution in [0.1, 0.15) is 20.7 Å². The average Bonchev–Trinajstić information content (AvgIpc) is 2.64. The summed E-state index contributed by atoms with van der Waals surface area (Å²) in [4.78, 5) is 29.0. The van der Waals surface area contributed by atoms with Gasteiger partial charge in [0.05, 0.1) is 23.5 Å². The van der Waals surface area contributed by atoms with Gasteiger partial charge >= 0.3 is 0 Å². The predicted octanol–water partition coefficient (Wildman–Crippen LogP) is 0.254. The molecule has 0 aliphatic carbocycles. The summed E-state index contributed by atoms with van der Waals surface area (Å²) >= 11 is 0. The van der Waals surface area contributed by atoms with Crippen molar-refractivity contribution in [2.24, 2.45) is 0 Å². The molecule has 7 nitrogen and oxygen atoms in total. The highest BCUT2D eigenvalue weighted by Gasteiger charge is 2.39. The number of nitrogens with two attached hydrogens (primary N) is 1. The minimum atomic E-state index is -0.527. The molecule has 2 aromatic rings. The molecule has 1 aliphatic heterocycles. The number of carbonyl (C=O) groups is 2. The summed E-state index contributed by atoms with van der Waals surface area (Å²) in [5, 5.41) is 7.25. The highest BCUT2D eigenvalue weighted by molar-refractivity contribution is 6.35. The molecule has 0 atom stereocenters. The molecule has 7 heteroatoms. The zero-order chi connectivity index (χ0) is 12.7. The van der Waals surface area contributed by atoms with Crippen molar-refractivity contribution in [1.29, 1.82) is 0 Å². The lowest BCUT2D eigenvalue weighted by molar-refractivity contribution is 0.0924. The Labute approximate surface area is 101 Å². The maximum atomic E-state index is 12.1. The number of nitrogen functional groups attached to an aromatic ring is 1. The molecule has 2 amide bonds. The first-order valence-corrected chi connectivity index (χ1v) is 5.11. The zero-order valence-corrected chi connectivity index (χ0v) is 9.07. The van der Waals surface area contributed by atoms with Crippen LogP contribution in [0.15, 0.2) is 30.6 Å². The van der Waals surface area contributed by atoms with Gasteiger partial charge in [0.25, 0.3) is 17.8 Å². The van der Waals surface area contributed by atoms with Crippen LogP contribution in [0.5, 0.6) is 0 Å². The molecule has 0 saturated heterocycles. The maximum Gasteiger partial charge on any atom is 0.270 e. The third-order valence-electron chi connectivity index (χ3n) is 2.62. The van der Waals surface area contributed by atoms with Crippen molar-refractivity contribution < 1.29 is 9.59 Å². The lowest BCUT2D eigenvalue weighted by atomic mass is 10.1. The van der Waals surface area contributed by atoms with Crippen LogP contribution >= 0.6 is 0 Å². The summed E-state index contributed by atoms with van der Waals surface area (Å²) in [5.41, 5.74) is 6.42. The number of imide groups is 1. The van der Waals surface area contributed by atoms with E-state index in [1.807, 2.05) is 0 Å². The molecule has 0 saturated carbocycles. The Kier molecular flexibility index (Phi) is 2.06. The van der Waals surface area contributed by atoms with Crippen molar-refractivity contribution in [2.75, 3.05) is 10.6 Å². The molecule has 1 aromatic heterocycles. The number of nitrogens with zero attached hydrogens (tertiary/aromatic N) is 4. The molecule has 0 spiro atoms. The highest BCUT2D eigenvalue weighted by Crippen LogP contribution is 2.29. The van der Waals surface area contributed by atoms with Gasteiger partial charge in [-0.1, -0.05) is 6.07 Å². The van der Waals surface area contributed by atoms with E-state index < -0.39 is 11.8 Å². The highest BCUT2D eigenvalue weighted by atomic mass is 16.2. The summed E-state index contributed by atoms with van der Waals surface area (Å²) < 4.78 is 0. The van der Waals surface area contributed by atoms with Crippen LogP contribution in [0.4, 0.5) is 11.6 Å². The summed E-state index contributed by atoms with van der Waals surface area (Å²) in [6, 6.07) is 4.73. The average molecular weight is 241 g/mol. The summed E-state index contributed by atoms with van der Waals surface area (Å²) in [5.74, 6) is -1.07. The lowest BCUT2D eigenvalue weighted by Crippen LogP contribution is -2.31. The fourth-order valence-electron chi connectivity index (χ4n) is 1.84. The van der Waals surface area contributed by atoms with Gasteiger partial charge in [-0.3, -0.25) is 9.59 Å². The maximum absolute atomic E-state index is 12.1. The van der Waals surface area contributed by atoms with Crippen molar-refractivity contribution in [3.05, 3.63) is 41.7 Å². The number of amides is 2. The van der Waals surface area contributed by atoms with E-state index in [0.717, 1.165) is 4.90 Å². The Bertz CT molecular complexity index is 656. The molecule has 0 unspecified atom stereocenters. The van der Waals surface area contributed by atoms with Crippen molar-refractivity contribution >= 4 is 23.5 Å². The number of aromatic nitrogens is 3. The molecule has 2 N–H and O–H groups in total. The summed E-state index contributed by atoms with van der Waals surface area (Å²) in [7, 11) is 0. The second-order valence-electron chi connectivity index (χ2n) is 3.66. The van der Waals surface area contributed by atoms with E-state index in [-0.39, 0.29) is 22.8 Å². The van der Waals surface area contributed by atoms with E-state index in [1.54, 1.807) is 18.2 Å². The zero-order valence-electron chi connectivity index (χ0n) is 9.07. The van der Waals surface area contributed by atoms with Gasteiger partial charge in [-0.25, -0.2) is 9.88 Å². The first kappa shape index (κ1) is 10.3. The third kappa shape index (κ3) is 1.27. The van der Waals surface area contributed by atoms with Gasteiger partial charge in [0.1, 0.15) is 0 Å². The normalized spacial score (nSPS) is 13.9. The van der Waals surface area contributed by atoms with Crippen LogP contribution in [-0.4, -0.2) is 27.0 Å². The van der Waals surface area contributed by atoms with E-state index in [2.05, 4.69) is 15.2 Å². The standard InChI is InChI=1S/C11H7N5O2/c12-7-3-1-2-6-8(7)10(18)16(9(6)17)11-13-4-5-14-15-11/h1-5H,12H2. The Morgan fingerprint density at radius 3 is 2.61 bits per heavy atom. The predicted molar refractivity (Wildman–Crippen MR) is 61.8 cm³/mol. The van der Waals surface area contributed by atoms with Crippen LogP contribution < -0.4 is 10.6 Å². The molecule has 0 bridgehead atoms. The van der Waals surface area contributed by atoms with E-state index in [4.69, 9.17) is 5.73 Å². The van der Waals surface area contributed by atoms with E-state index in [0.29, 0.717) is 0 Å². The number of fused-ring (bicyclic) bond motifs is 1. The van der Waals surface area contributed by atoms with Gasteiger partial charge < -0.3 is 5.73 Å².